The van der Waals surface area contributed by atoms with Crippen LogP contribution in [0.2, 0.25) is 9.36 Å². The molecule has 0 fully saturated rings. The van der Waals surface area contributed by atoms with E-state index in [2.05, 4.69) is 124 Å². The van der Waals surface area contributed by atoms with Crippen molar-refractivity contribution in [2.45, 2.75) is 69.1 Å². The van der Waals surface area contributed by atoms with Crippen molar-refractivity contribution in [3.8, 4) is 11.1 Å². The summed E-state index contributed by atoms with van der Waals surface area (Å²) in [6.45, 7) is 14.0. The van der Waals surface area contributed by atoms with E-state index in [-0.39, 0.29) is 10.8 Å². The molecule has 1 heteroatoms. The standard InChI is InChI=1S/C21H25.C9H7.2CH3.CH2.Hf/c1-20(2,3)16-7-9-18-14(12-16)11-15-13-17(21(4,5)6)8-10-19(15)18;1-2-5-9-7-3-6-8(9)4-1;;;;/h7-13H,1-6H3;1-7H;2*1H3;1H2;. The van der Waals surface area contributed by atoms with Crippen LogP contribution in [0, 0.1) is 0 Å². The summed E-state index contributed by atoms with van der Waals surface area (Å²) in [6.07, 6.45) is 4.84. The minimum atomic E-state index is -3.89. The van der Waals surface area contributed by atoms with Crippen molar-refractivity contribution in [2.75, 3.05) is 0 Å². The van der Waals surface area contributed by atoms with Crippen molar-refractivity contribution in [3.63, 3.8) is 0 Å². The zero-order valence-electron chi connectivity index (χ0n) is 22.3. The third kappa shape index (κ3) is 3.62. The topological polar surface area (TPSA) is 0 Å². The zero-order valence-corrected chi connectivity index (χ0v) is 25.9. The summed E-state index contributed by atoms with van der Waals surface area (Å²) in [5.74, 6) is 0. The van der Waals surface area contributed by atoms with E-state index in [9.17, 15) is 0 Å². The molecule has 3 aromatic carbocycles. The molecule has 0 radical (unpaired) electrons. The van der Waals surface area contributed by atoms with Crippen LogP contribution in [0.15, 0.2) is 66.7 Å². The van der Waals surface area contributed by atoms with E-state index in [0.29, 0.717) is 7.35 Å². The Labute approximate surface area is 207 Å². The van der Waals surface area contributed by atoms with E-state index in [4.69, 9.17) is 4.26 Å². The van der Waals surface area contributed by atoms with E-state index in [1.807, 2.05) is 0 Å². The van der Waals surface area contributed by atoms with Crippen molar-refractivity contribution in [3.05, 3.63) is 100 Å². The van der Waals surface area contributed by atoms with Gasteiger partial charge in [0.05, 0.1) is 0 Å². The summed E-state index contributed by atoms with van der Waals surface area (Å²) >= 11 is -3.89. The Balaban J connectivity index is 1.80. The first-order valence-electron chi connectivity index (χ1n) is 12.8. The Morgan fingerprint density at radius 2 is 1.18 bits per heavy atom. The Morgan fingerprint density at radius 3 is 1.68 bits per heavy atom. The summed E-state index contributed by atoms with van der Waals surface area (Å²) in [6, 6.07) is 23.6. The van der Waals surface area contributed by atoms with Crippen LogP contribution in [0.5, 0.6) is 0 Å². The Hall–Kier alpha value is -1.86. The van der Waals surface area contributed by atoms with Crippen molar-refractivity contribution in [2.24, 2.45) is 0 Å². The molecule has 2 aliphatic rings. The van der Waals surface area contributed by atoms with Crippen LogP contribution in [0.3, 0.4) is 0 Å². The van der Waals surface area contributed by atoms with Crippen LogP contribution in [-0.2, 0) is 28.8 Å². The molecule has 5 rings (SSSR count). The molecule has 2 aliphatic carbocycles. The Morgan fingerprint density at radius 1 is 0.676 bits per heavy atom. The molecule has 176 valence electrons. The molecule has 1 atom stereocenters. The molecule has 0 aromatic heterocycles. The molecule has 0 nitrogen and oxygen atoms in total. The average Bonchev–Trinajstić information content (AvgIpc) is 3.31. The molecule has 0 aliphatic heterocycles. The van der Waals surface area contributed by atoms with Gasteiger partial charge in [-0.05, 0) is 0 Å². The van der Waals surface area contributed by atoms with Gasteiger partial charge < -0.3 is 0 Å². The molecule has 0 amide bonds. The predicted molar refractivity (Wildman–Crippen MR) is 148 cm³/mol. The number of allylic oxidation sites excluding steroid dienone is 1. The molecular formula is C33H40Hf. The van der Waals surface area contributed by atoms with Crippen LogP contribution in [0.25, 0.3) is 17.2 Å². The van der Waals surface area contributed by atoms with Gasteiger partial charge in [0.2, 0.25) is 0 Å². The summed E-state index contributed by atoms with van der Waals surface area (Å²) < 4.78 is 11.4. The second-order valence-corrected chi connectivity index (χ2v) is 39.3. The quantitative estimate of drug-likeness (QED) is 0.252. The second kappa shape index (κ2) is 7.33. The predicted octanol–water partition coefficient (Wildman–Crippen LogP) is 9.34. The van der Waals surface area contributed by atoms with Gasteiger partial charge in [-0.15, -0.1) is 0 Å². The van der Waals surface area contributed by atoms with E-state index in [0.717, 1.165) is 0 Å². The molecule has 34 heavy (non-hydrogen) atoms. The van der Waals surface area contributed by atoms with E-state index < -0.39 is 18.0 Å². The van der Waals surface area contributed by atoms with Crippen molar-refractivity contribution in [1.29, 1.82) is 0 Å². The van der Waals surface area contributed by atoms with E-state index in [1.165, 1.54) is 44.5 Å². The fourth-order valence-corrected chi connectivity index (χ4v) is 24.0. The molecule has 0 spiro atoms. The zero-order chi connectivity index (χ0) is 24.7. The number of benzene rings is 3. The van der Waals surface area contributed by atoms with Crippen LogP contribution >= 0.6 is 0 Å². The Kier molecular flexibility index (Phi) is 5.14. The number of hydrogen-bond donors (Lipinski definition) is 0. The van der Waals surface area contributed by atoms with Crippen LogP contribution < -0.4 is 0 Å². The number of fused-ring (bicyclic) bond motifs is 4. The summed E-state index contributed by atoms with van der Waals surface area (Å²) in [5.41, 5.74) is 11.9. The van der Waals surface area contributed by atoms with Crippen molar-refractivity contribution >= 4 is 10.3 Å². The fourth-order valence-electron chi connectivity index (χ4n) is 6.47. The molecule has 0 bridgehead atoms. The normalized spacial score (nSPS) is 18.1. The van der Waals surface area contributed by atoms with Gasteiger partial charge in [-0.25, -0.2) is 0 Å². The van der Waals surface area contributed by atoms with Gasteiger partial charge in [0.15, 0.2) is 0 Å². The summed E-state index contributed by atoms with van der Waals surface area (Å²) in [5, 5.41) is 0. The molecule has 3 aromatic rings. The monoisotopic (exact) mass is 616 g/mol. The molecular weight excluding hydrogens is 575 g/mol. The van der Waals surface area contributed by atoms with Gasteiger partial charge >= 0.3 is 209 Å². The molecule has 0 saturated carbocycles. The second-order valence-electron chi connectivity index (χ2n) is 13.9. The SMILES string of the molecule is [CH2]=[Hf]([CH3])([CH3])([CH]1C=Cc2ccccc21)[CH]1c2cc(C(C)(C)C)ccc2-c2ccc(C(C)(C)C)cc21. The summed E-state index contributed by atoms with van der Waals surface area (Å²) in [4.78, 5) is 0. The molecule has 0 N–H and O–H groups in total. The third-order valence-electron chi connectivity index (χ3n) is 8.52. The molecule has 1 unspecified atom stereocenters. The van der Waals surface area contributed by atoms with Gasteiger partial charge in [-0.3, -0.25) is 0 Å². The average molecular weight is 615 g/mol. The summed E-state index contributed by atoms with van der Waals surface area (Å²) in [7, 11) is 0. The fraction of sp³-hybridized carbons (Fsp3) is 0.364. The van der Waals surface area contributed by atoms with Crippen molar-refractivity contribution in [1.82, 2.24) is 0 Å². The first-order chi connectivity index (χ1) is 15.7. The van der Waals surface area contributed by atoms with Gasteiger partial charge in [0.25, 0.3) is 0 Å². The van der Waals surface area contributed by atoms with Crippen LogP contribution in [-0.4, -0.2) is 4.26 Å². The van der Waals surface area contributed by atoms with E-state index >= 15 is 0 Å². The Bertz CT molecular complexity index is 1330. The first-order valence-corrected chi connectivity index (χ1v) is 26.7. The van der Waals surface area contributed by atoms with E-state index in [1.54, 1.807) is 0 Å². The van der Waals surface area contributed by atoms with Gasteiger partial charge in [-0.2, -0.15) is 0 Å². The van der Waals surface area contributed by atoms with Gasteiger partial charge in [0.1, 0.15) is 0 Å². The van der Waals surface area contributed by atoms with Gasteiger partial charge in [-0.1, -0.05) is 0 Å². The maximum atomic E-state index is 5.31. The number of hydrogen-bond acceptors (Lipinski definition) is 0. The van der Waals surface area contributed by atoms with Crippen LogP contribution in [0.1, 0.15) is 82.3 Å². The third-order valence-corrected chi connectivity index (χ3v) is 26.7. The van der Waals surface area contributed by atoms with Crippen molar-refractivity contribution < 1.29 is 18.0 Å². The number of rotatable bonds is 2. The van der Waals surface area contributed by atoms with Gasteiger partial charge in [0, 0.05) is 0 Å². The first kappa shape index (κ1) is 23.9. The van der Waals surface area contributed by atoms with Crippen LogP contribution in [0.4, 0.5) is 0 Å². The maximum absolute atomic E-state index is 5.31. The molecule has 0 heterocycles. The minimum absolute atomic E-state index is 0.125. The molecule has 0 saturated heterocycles.